The van der Waals surface area contributed by atoms with Gasteiger partial charge in [0.1, 0.15) is 11.4 Å². The monoisotopic (exact) mass is 411 g/mol. The Hall–Kier alpha value is -2.50. The van der Waals surface area contributed by atoms with Gasteiger partial charge in [-0.1, -0.05) is 35.5 Å². The molecule has 3 atom stereocenters. The molecule has 1 heterocycles. The molecule has 6 heteroatoms. The first-order valence-electron chi connectivity index (χ1n) is 11.1. The predicted molar refractivity (Wildman–Crippen MR) is 117 cm³/mol. The minimum absolute atomic E-state index is 0.117. The van der Waals surface area contributed by atoms with Crippen molar-refractivity contribution in [2.24, 2.45) is 5.92 Å². The summed E-state index contributed by atoms with van der Waals surface area (Å²) in [5.41, 5.74) is 0.824. The van der Waals surface area contributed by atoms with E-state index in [2.05, 4.69) is 46.1 Å². The number of carbonyl (C=O) groups is 1. The van der Waals surface area contributed by atoms with Crippen LogP contribution in [0.4, 0.5) is 10.6 Å². The van der Waals surface area contributed by atoms with Crippen molar-refractivity contribution in [2.75, 3.05) is 5.32 Å². The summed E-state index contributed by atoms with van der Waals surface area (Å²) >= 11 is 0. The van der Waals surface area contributed by atoms with Gasteiger partial charge >= 0.3 is 6.09 Å². The van der Waals surface area contributed by atoms with Crippen LogP contribution in [0.5, 0.6) is 0 Å². The predicted octanol–water partition coefficient (Wildman–Crippen LogP) is 5.27. The first kappa shape index (κ1) is 20.8. The molecule has 0 spiro atoms. The molecule has 0 bridgehead atoms. The number of nitrogens with one attached hydrogen (secondary N) is 2. The van der Waals surface area contributed by atoms with E-state index in [1.54, 1.807) is 0 Å². The van der Waals surface area contributed by atoms with E-state index in [0.717, 1.165) is 37.3 Å². The molecule has 0 radical (unpaired) electrons. The minimum atomic E-state index is -0.488. The number of hydrogen-bond donors (Lipinski definition) is 2. The van der Waals surface area contributed by atoms with Gasteiger partial charge < -0.3 is 19.9 Å². The molecule has 2 aromatic rings. The second kappa shape index (κ2) is 8.70. The number of aromatic nitrogens is 1. The van der Waals surface area contributed by atoms with E-state index in [1.165, 1.54) is 18.4 Å². The summed E-state index contributed by atoms with van der Waals surface area (Å²) in [7, 11) is 0. The molecule has 0 saturated heterocycles. The molecule has 2 N–H and O–H groups in total. The third kappa shape index (κ3) is 5.77. The molecule has 2 aliphatic carbocycles. The fourth-order valence-corrected chi connectivity index (χ4v) is 4.31. The number of nitrogens with zero attached hydrogens (tertiary/aromatic N) is 1. The molecule has 1 aromatic heterocycles. The van der Waals surface area contributed by atoms with Crippen LogP contribution in [0.2, 0.25) is 0 Å². The van der Waals surface area contributed by atoms with E-state index in [9.17, 15) is 4.79 Å². The number of anilines is 1. The van der Waals surface area contributed by atoms with Crippen LogP contribution >= 0.6 is 0 Å². The second-order valence-electron chi connectivity index (χ2n) is 9.75. The zero-order valence-corrected chi connectivity index (χ0v) is 18.2. The van der Waals surface area contributed by atoms with Crippen molar-refractivity contribution >= 4 is 11.9 Å². The van der Waals surface area contributed by atoms with Gasteiger partial charge in [0.2, 0.25) is 0 Å². The summed E-state index contributed by atoms with van der Waals surface area (Å²) in [5, 5.41) is 10.9. The van der Waals surface area contributed by atoms with Gasteiger partial charge in [-0.2, -0.15) is 0 Å². The fraction of sp³-hybridized carbons (Fsp3) is 0.583. The molecule has 4 rings (SSSR count). The minimum Gasteiger partial charge on any atom is -0.444 e. The summed E-state index contributed by atoms with van der Waals surface area (Å²) in [5.74, 6) is 2.76. The van der Waals surface area contributed by atoms with E-state index in [-0.39, 0.29) is 12.1 Å². The largest absolute Gasteiger partial charge is 0.444 e. The average molecular weight is 412 g/mol. The van der Waals surface area contributed by atoms with E-state index in [1.807, 2.05) is 26.8 Å². The van der Waals surface area contributed by atoms with Gasteiger partial charge in [-0.05, 0) is 70.8 Å². The van der Waals surface area contributed by atoms with Gasteiger partial charge in [0.05, 0.1) is 0 Å². The Morgan fingerprint density at radius 1 is 1.17 bits per heavy atom. The second-order valence-corrected chi connectivity index (χ2v) is 9.75. The lowest BCUT2D eigenvalue weighted by Crippen LogP contribution is -2.46. The Morgan fingerprint density at radius 3 is 2.63 bits per heavy atom. The van der Waals surface area contributed by atoms with Gasteiger partial charge in [0.15, 0.2) is 5.82 Å². The third-order valence-corrected chi connectivity index (χ3v) is 5.89. The Kier molecular flexibility index (Phi) is 6.02. The zero-order chi connectivity index (χ0) is 21.1. The maximum Gasteiger partial charge on any atom is 0.407 e. The summed E-state index contributed by atoms with van der Waals surface area (Å²) in [6.45, 7) is 5.66. The van der Waals surface area contributed by atoms with Crippen molar-refractivity contribution in [1.82, 2.24) is 10.5 Å². The standard InChI is InChI=1S/C24H33N3O3/c1-24(2,3)29-23(28)25-19-11-12-20(18(14-19)13-16-7-5-4-6-8-16)26-22-15-21(30-27-22)17-9-10-17/h4-8,15,17-20H,9-14H2,1-3H3,(H,25,28)(H,26,27)/t18-,19-,20-/m1/s1. The number of carbonyl (C=O) groups excluding carboxylic acids is 1. The smallest absolute Gasteiger partial charge is 0.407 e. The highest BCUT2D eigenvalue weighted by molar-refractivity contribution is 5.68. The lowest BCUT2D eigenvalue weighted by atomic mass is 9.78. The molecule has 0 unspecified atom stereocenters. The van der Waals surface area contributed by atoms with Crippen LogP contribution in [0.3, 0.4) is 0 Å². The van der Waals surface area contributed by atoms with Crippen LogP contribution in [0.15, 0.2) is 40.9 Å². The molecule has 162 valence electrons. The van der Waals surface area contributed by atoms with Crippen LogP contribution in [-0.4, -0.2) is 28.9 Å². The van der Waals surface area contributed by atoms with Crippen molar-refractivity contribution in [1.29, 1.82) is 0 Å². The highest BCUT2D eigenvalue weighted by Crippen LogP contribution is 2.41. The SMILES string of the molecule is CC(C)(C)OC(=O)N[C@@H]1CC[C@@H](Nc2cc(C3CC3)on2)[C@H](Cc2ccccc2)C1. The van der Waals surface area contributed by atoms with E-state index < -0.39 is 5.60 Å². The van der Waals surface area contributed by atoms with E-state index >= 15 is 0 Å². The van der Waals surface area contributed by atoms with Crippen LogP contribution < -0.4 is 10.6 Å². The van der Waals surface area contributed by atoms with E-state index in [0.29, 0.717) is 17.9 Å². The molecule has 0 aliphatic heterocycles. The first-order valence-corrected chi connectivity index (χ1v) is 11.1. The normalized spacial score (nSPS) is 24.3. The Balaban J connectivity index is 1.41. The lowest BCUT2D eigenvalue weighted by Gasteiger charge is -2.37. The van der Waals surface area contributed by atoms with Gasteiger partial charge in [-0.3, -0.25) is 0 Å². The maximum absolute atomic E-state index is 12.3. The summed E-state index contributed by atoms with van der Waals surface area (Å²) in [4.78, 5) is 12.3. The number of benzene rings is 1. The summed E-state index contributed by atoms with van der Waals surface area (Å²) in [6.07, 6.45) is 5.80. The lowest BCUT2D eigenvalue weighted by molar-refractivity contribution is 0.0482. The van der Waals surface area contributed by atoms with Crippen molar-refractivity contribution in [3.8, 4) is 0 Å². The number of ether oxygens (including phenoxy) is 1. The molecular weight excluding hydrogens is 378 g/mol. The molecule has 1 amide bonds. The molecule has 2 aliphatic rings. The number of amides is 1. The number of hydrogen-bond acceptors (Lipinski definition) is 5. The number of alkyl carbamates (subject to hydrolysis) is 1. The molecule has 1 aromatic carbocycles. The third-order valence-electron chi connectivity index (χ3n) is 5.89. The highest BCUT2D eigenvalue weighted by Gasteiger charge is 2.33. The van der Waals surface area contributed by atoms with Crippen LogP contribution in [0.1, 0.15) is 70.1 Å². The fourth-order valence-electron chi connectivity index (χ4n) is 4.31. The molecular formula is C24H33N3O3. The highest BCUT2D eigenvalue weighted by atomic mass is 16.6. The van der Waals surface area contributed by atoms with Crippen molar-refractivity contribution in [2.45, 2.75) is 82.9 Å². The molecule has 6 nitrogen and oxygen atoms in total. The van der Waals surface area contributed by atoms with E-state index in [4.69, 9.17) is 9.26 Å². The zero-order valence-electron chi connectivity index (χ0n) is 18.2. The van der Waals surface area contributed by atoms with Gasteiger partial charge in [-0.15, -0.1) is 0 Å². The van der Waals surface area contributed by atoms with Crippen LogP contribution in [-0.2, 0) is 11.2 Å². The van der Waals surface area contributed by atoms with Gasteiger partial charge in [-0.25, -0.2) is 4.79 Å². The Bertz CT molecular complexity index is 839. The van der Waals surface area contributed by atoms with Crippen LogP contribution in [0, 0.1) is 5.92 Å². The van der Waals surface area contributed by atoms with Crippen molar-refractivity contribution < 1.29 is 14.1 Å². The van der Waals surface area contributed by atoms with Gasteiger partial charge in [0, 0.05) is 24.1 Å². The summed E-state index contributed by atoms with van der Waals surface area (Å²) in [6, 6.07) is 13.0. The molecule has 30 heavy (non-hydrogen) atoms. The maximum atomic E-state index is 12.3. The average Bonchev–Trinajstić information content (AvgIpc) is 3.42. The van der Waals surface area contributed by atoms with Crippen LogP contribution in [0.25, 0.3) is 0 Å². The van der Waals surface area contributed by atoms with Gasteiger partial charge in [0.25, 0.3) is 0 Å². The van der Waals surface area contributed by atoms with Crippen molar-refractivity contribution in [3.63, 3.8) is 0 Å². The van der Waals surface area contributed by atoms with Crippen molar-refractivity contribution in [3.05, 3.63) is 47.7 Å². The molecule has 2 fully saturated rings. The Labute approximate surface area is 178 Å². The summed E-state index contributed by atoms with van der Waals surface area (Å²) < 4.78 is 11.0. The quantitative estimate of drug-likeness (QED) is 0.677. The Morgan fingerprint density at radius 2 is 1.93 bits per heavy atom. The number of rotatable bonds is 6. The molecule has 2 saturated carbocycles. The topological polar surface area (TPSA) is 76.4 Å². The first-order chi connectivity index (χ1) is 14.4.